The van der Waals surface area contributed by atoms with Crippen molar-refractivity contribution in [2.45, 2.75) is 0 Å². The number of hydrazine groups is 1. The highest BCUT2D eigenvalue weighted by atomic mass is 127. The fourth-order valence-corrected chi connectivity index (χ4v) is 2.11. The molecule has 0 saturated carbocycles. The van der Waals surface area contributed by atoms with Crippen molar-refractivity contribution in [1.29, 1.82) is 0 Å². The molecule has 2 amide bonds. The van der Waals surface area contributed by atoms with Crippen LogP contribution >= 0.6 is 22.6 Å². The summed E-state index contributed by atoms with van der Waals surface area (Å²) in [5.41, 5.74) is 4.88. The maximum absolute atomic E-state index is 13.3. The van der Waals surface area contributed by atoms with Gasteiger partial charge in [-0.25, -0.2) is 4.39 Å². The molecule has 0 unspecified atom stereocenters. The minimum absolute atomic E-state index is 0.0263. The number of carbonyl (C=O) groups is 2. The lowest BCUT2D eigenvalue weighted by Crippen LogP contribution is -2.43. The predicted octanol–water partition coefficient (Wildman–Crippen LogP) is 2.27. The van der Waals surface area contributed by atoms with E-state index in [0.717, 1.165) is 3.57 Å². The van der Waals surface area contributed by atoms with Crippen LogP contribution in [-0.2, 0) is 4.79 Å². The molecule has 5 nitrogen and oxygen atoms in total. The number of amides is 2. The number of hydrogen-bond donors (Lipinski definition) is 2. The summed E-state index contributed by atoms with van der Waals surface area (Å²) in [6.45, 7) is -0.409. The maximum Gasteiger partial charge on any atom is 0.276 e. The first-order valence-electron chi connectivity index (χ1n) is 6.28. The Morgan fingerprint density at radius 3 is 2.59 bits per heavy atom. The first-order valence-corrected chi connectivity index (χ1v) is 7.36. The van der Waals surface area contributed by atoms with Gasteiger partial charge in [-0.05, 0) is 52.9 Å². The Bertz CT molecular complexity index is 694. The summed E-state index contributed by atoms with van der Waals surface area (Å²) in [4.78, 5) is 23.4. The molecule has 7 heteroatoms. The van der Waals surface area contributed by atoms with E-state index in [1.807, 2.05) is 6.07 Å². The van der Waals surface area contributed by atoms with Gasteiger partial charge in [0.05, 0.1) is 0 Å². The van der Waals surface area contributed by atoms with Gasteiger partial charge in [-0.2, -0.15) is 0 Å². The molecule has 0 spiro atoms. The molecule has 2 aromatic rings. The second kappa shape index (κ2) is 7.74. The molecule has 0 aromatic heterocycles. The van der Waals surface area contributed by atoms with Gasteiger partial charge >= 0.3 is 0 Å². The smallest absolute Gasteiger partial charge is 0.276 e. The minimum Gasteiger partial charge on any atom is -0.481 e. The molecule has 0 aliphatic carbocycles. The van der Waals surface area contributed by atoms with E-state index >= 15 is 0 Å². The molecule has 0 aliphatic heterocycles. The zero-order valence-corrected chi connectivity index (χ0v) is 13.5. The van der Waals surface area contributed by atoms with E-state index in [4.69, 9.17) is 4.74 Å². The average molecular weight is 414 g/mol. The van der Waals surface area contributed by atoms with Gasteiger partial charge < -0.3 is 4.74 Å². The Morgan fingerprint density at radius 1 is 1.09 bits per heavy atom. The van der Waals surface area contributed by atoms with E-state index in [-0.39, 0.29) is 5.75 Å². The fraction of sp³-hybridized carbons (Fsp3) is 0.0667. The minimum atomic E-state index is -0.595. The lowest BCUT2D eigenvalue weighted by Gasteiger charge is -2.09. The van der Waals surface area contributed by atoms with Crippen LogP contribution in [0.15, 0.2) is 48.5 Å². The lowest BCUT2D eigenvalue weighted by molar-refractivity contribution is -0.123. The number of benzene rings is 2. The van der Waals surface area contributed by atoms with Crippen LogP contribution < -0.4 is 15.6 Å². The van der Waals surface area contributed by atoms with Crippen molar-refractivity contribution in [2.24, 2.45) is 0 Å². The monoisotopic (exact) mass is 414 g/mol. The largest absolute Gasteiger partial charge is 0.481 e. The number of halogens is 2. The van der Waals surface area contributed by atoms with Crippen LogP contribution in [0.5, 0.6) is 5.75 Å². The van der Waals surface area contributed by atoms with E-state index in [1.54, 1.807) is 24.3 Å². The van der Waals surface area contributed by atoms with Gasteiger partial charge in [-0.1, -0.05) is 18.2 Å². The summed E-state index contributed by atoms with van der Waals surface area (Å²) in [6, 6.07) is 12.6. The third-order valence-corrected chi connectivity index (χ3v) is 3.27. The quantitative estimate of drug-likeness (QED) is 0.596. The third-order valence-electron chi connectivity index (χ3n) is 2.60. The standard InChI is InChI=1S/C15H12FIN2O3/c16-12-6-1-2-7-13(12)22-9-14(20)18-19-15(21)10-4-3-5-11(17)8-10/h1-8H,9H2,(H,18,20)(H,19,21). The number of rotatable bonds is 4. The van der Waals surface area contributed by atoms with E-state index in [9.17, 15) is 14.0 Å². The van der Waals surface area contributed by atoms with Crippen LogP contribution in [0.2, 0.25) is 0 Å². The summed E-state index contributed by atoms with van der Waals surface area (Å²) < 4.78 is 19.2. The van der Waals surface area contributed by atoms with Gasteiger partial charge in [0, 0.05) is 9.13 Å². The molecular formula is C15H12FIN2O3. The van der Waals surface area contributed by atoms with Crippen molar-refractivity contribution in [3.05, 3.63) is 63.5 Å². The average Bonchev–Trinajstić information content (AvgIpc) is 2.52. The molecule has 22 heavy (non-hydrogen) atoms. The topological polar surface area (TPSA) is 67.4 Å². The molecule has 114 valence electrons. The van der Waals surface area contributed by atoms with Crippen molar-refractivity contribution in [3.8, 4) is 5.75 Å². The van der Waals surface area contributed by atoms with E-state index in [2.05, 4.69) is 33.4 Å². The summed E-state index contributed by atoms with van der Waals surface area (Å²) >= 11 is 2.08. The zero-order valence-electron chi connectivity index (χ0n) is 11.3. The Kier molecular flexibility index (Phi) is 5.70. The molecule has 2 aromatic carbocycles. The highest BCUT2D eigenvalue weighted by Gasteiger charge is 2.09. The van der Waals surface area contributed by atoms with Crippen LogP contribution in [0, 0.1) is 9.39 Å². The summed E-state index contributed by atoms with van der Waals surface area (Å²) in [7, 11) is 0. The number of carbonyl (C=O) groups excluding carboxylic acids is 2. The second-order valence-electron chi connectivity index (χ2n) is 4.23. The number of hydrogen-bond acceptors (Lipinski definition) is 3. The van der Waals surface area contributed by atoms with Gasteiger partial charge in [-0.15, -0.1) is 0 Å². The molecule has 0 heterocycles. The number of para-hydroxylation sites is 1. The summed E-state index contributed by atoms with van der Waals surface area (Å²) in [5.74, 6) is -1.63. The van der Waals surface area contributed by atoms with Gasteiger partial charge in [0.15, 0.2) is 18.2 Å². The molecule has 2 N–H and O–H groups in total. The van der Waals surface area contributed by atoms with Gasteiger partial charge in [0.2, 0.25) is 0 Å². The Balaban J connectivity index is 1.81. The summed E-state index contributed by atoms with van der Waals surface area (Å²) in [6.07, 6.45) is 0. The maximum atomic E-state index is 13.3. The molecule has 0 atom stereocenters. The Hall–Kier alpha value is -2.16. The SMILES string of the molecule is O=C(COc1ccccc1F)NNC(=O)c1cccc(I)c1. The van der Waals surface area contributed by atoms with Gasteiger partial charge in [0.1, 0.15) is 0 Å². The van der Waals surface area contributed by atoms with E-state index < -0.39 is 24.2 Å². The highest BCUT2D eigenvalue weighted by Crippen LogP contribution is 2.14. The molecule has 0 fully saturated rings. The molecule has 0 radical (unpaired) electrons. The van der Waals surface area contributed by atoms with Crippen LogP contribution in [0.3, 0.4) is 0 Å². The van der Waals surface area contributed by atoms with Gasteiger partial charge in [-0.3, -0.25) is 20.4 Å². The van der Waals surface area contributed by atoms with E-state index in [1.165, 1.54) is 18.2 Å². The number of nitrogens with one attached hydrogen (secondary N) is 2. The third kappa shape index (κ3) is 4.69. The first-order chi connectivity index (χ1) is 10.6. The highest BCUT2D eigenvalue weighted by molar-refractivity contribution is 14.1. The molecule has 0 aliphatic rings. The van der Waals surface area contributed by atoms with Crippen LogP contribution in [-0.4, -0.2) is 18.4 Å². The predicted molar refractivity (Wildman–Crippen MR) is 86.7 cm³/mol. The van der Waals surface area contributed by atoms with E-state index in [0.29, 0.717) is 5.56 Å². The van der Waals surface area contributed by atoms with Crippen LogP contribution in [0.4, 0.5) is 4.39 Å². The van der Waals surface area contributed by atoms with Crippen molar-refractivity contribution < 1.29 is 18.7 Å². The molecular weight excluding hydrogens is 402 g/mol. The van der Waals surface area contributed by atoms with Gasteiger partial charge in [0.25, 0.3) is 11.8 Å². The molecule has 2 rings (SSSR count). The zero-order chi connectivity index (χ0) is 15.9. The molecule has 0 saturated heterocycles. The van der Waals surface area contributed by atoms with Crippen molar-refractivity contribution in [1.82, 2.24) is 10.9 Å². The van der Waals surface area contributed by atoms with Crippen molar-refractivity contribution >= 4 is 34.4 Å². The van der Waals surface area contributed by atoms with Crippen molar-refractivity contribution in [3.63, 3.8) is 0 Å². The van der Waals surface area contributed by atoms with Crippen LogP contribution in [0.1, 0.15) is 10.4 Å². The summed E-state index contributed by atoms with van der Waals surface area (Å²) in [5, 5.41) is 0. The molecule has 0 bridgehead atoms. The Morgan fingerprint density at radius 2 is 1.86 bits per heavy atom. The normalized spacial score (nSPS) is 9.91. The lowest BCUT2D eigenvalue weighted by atomic mass is 10.2. The number of ether oxygens (including phenoxy) is 1. The van der Waals surface area contributed by atoms with Crippen molar-refractivity contribution in [2.75, 3.05) is 6.61 Å². The first kappa shape index (κ1) is 16.2. The van der Waals surface area contributed by atoms with Crippen LogP contribution in [0.25, 0.3) is 0 Å². The fourth-order valence-electron chi connectivity index (χ4n) is 1.57. The second-order valence-corrected chi connectivity index (χ2v) is 5.48. The Labute approximate surface area is 140 Å².